The van der Waals surface area contributed by atoms with Crippen LogP contribution < -0.4 is 5.32 Å². The maximum Gasteiger partial charge on any atom is 0.407 e. The number of rotatable bonds is 6. The molecular formula is C18H22N2O2S. The van der Waals surface area contributed by atoms with E-state index in [0.717, 1.165) is 18.7 Å². The van der Waals surface area contributed by atoms with Crippen LogP contribution in [0.5, 0.6) is 0 Å². The summed E-state index contributed by atoms with van der Waals surface area (Å²) in [7, 11) is 0. The second-order valence-corrected chi connectivity index (χ2v) is 6.54. The number of hydrogen-bond acceptors (Lipinski definition) is 4. The number of hydrogen-bond donors (Lipinski definition) is 1. The smallest absolute Gasteiger partial charge is 0.407 e. The Balaban J connectivity index is 1.51. The Morgan fingerprint density at radius 2 is 2.00 bits per heavy atom. The highest BCUT2D eigenvalue weighted by Gasteiger charge is 2.24. The van der Waals surface area contributed by atoms with E-state index >= 15 is 0 Å². The first-order chi connectivity index (χ1) is 11.3. The van der Waals surface area contributed by atoms with Gasteiger partial charge >= 0.3 is 6.09 Å². The number of carbonyl (C=O) groups excluding carboxylic acids is 1. The predicted molar refractivity (Wildman–Crippen MR) is 92.5 cm³/mol. The molecule has 1 N–H and O–H groups in total. The van der Waals surface area contributed by atoms with Gasteiger partial charge < -0.3 is 10.1 Å². The van der Waals surface area contributed by atoms with Gasteiger partial charge in [0.25, 0.3) is 0 Å². The van der Waals surface area contributed by atoms with Crippen molar-refractivity contribution in [3.8, 4) is 0 Å². The number of likely N-dealkylation sites (tertiary alicyclic amines) is 1. The number of thiophene rings is 1. The minimum absolute atomic E-state index is 0.244. The van der Waals surface area contributed by atoms with E-state index in [2.05, 4.69) is 27.0 Å². The van der Waals surface area contributed by atoms with Crippen molar-refractivity contribution in [1.82, 2.24) is 10.2 Å². The summed E-state index contributed by atoms with van der Waals surface area (Å²) in [6.45, 7) is 3.09. The molecule has 0 aliphatic carbocycles. The third-order valence-corrected chi connectivity index (χ3v) is 4.86. The molecule has 23 heavy (non-hydrogen) atoms. The fourth-order valence-electron chi connectivity index (χ4n) is 2.93. The fraction of sp³-hybridized carbons (Fsp3) is 0.389. The minimum atomic E-state index is -0.353. The number of nitrogens with one attached hydrogen (secondary N) is 1. The Hall–Kier alpha value is -1.85. The zero-order chi connectivity index (χ0) is 15.9. The molecule has 3 rings (SSSR count). The quantitative estimate of drug-likeness (QED) is 0.875. The Labute approximate surface area is 141 Å². The second-order valence-electron chi connectivity index (χ2n) is 5.76. The zero-order valence-electron chi connectivity index (χ0n) is 13.1. The van der Waals surface area contributed by atoms with Gasteiger partial charge in [-0.15, -0.1) is 0 Å². The maximum atomic E-state index is 12.0. The Bertz CT molecular complexity index is 595. The van der Waals surface area contributed by atoms with Crippen molar-refractivity contribution in [2.45, 2.75) is 25.5 Å². The topological polar surface area (TPSA) is 41.6 Å². The monoisotopic (exact) mass is 330 g/mol. The van der Waals surface area contributed by atoms with Crippen molar-refractivity contribution >= 4 is 17.4 Å². The average Bonchev–Trinajstić information content (AvgIpc) is 3.28. The molecule has 1 aliphatic rings. The van der Waals surface area contributed by atoms with Gasteiger partial charge in [0.15, 0.2) is 0 Å². The van der Waals surface area contributed by atoms with Crippen LogP contribution in [-0.2, 0) is 11.3 Å². The van der Waals surface area contributed by atoms with Crippen LogP contribution in [0.2, 0.25) is 0 Å². The van der Waals surface area contributed by atoms with Gasteiger partial charge in [0.2, 0.25) is 0 Å². The van der Waals surface area contributed by atoms with E-state index in [-0.39, 0.29) is 12.1 Å². The lowest BCUT2D eigenvalue weighted by atomic mass is 10.1. The van der Waals surface area contributed by atoms with Crippen LogP contribution in [-0.4, -0.2) is 30.6 Å². The number of ether oxygens (including phenoxy) is 1. The average molecular weight is 330 g/mol. The number of benzene rings is 1. The molecule has 1 aromatic heterocycles. The molecule has 2 heterocycles. The second kappa shape index (κ2) is 8.13. The molecule has 4 nitrogen and oxygen atoms in total. The van der Waals surface area contributed by atoms with Gasteiger partial charge in [-0.3, -0.25) is 4.90 Å². The number of carbonyl (C=O) groups is 1. The molecule has 122 valence electrons. The van der Waals surface area contributed by atoms with E-state index < -0.39 is 0 Å². The van der Waals surface area contributed by atoms with Crippen LogP contribution in [0.15, 0.2) is 47.2 Å². The lowest BCUT2D eigenvalue weighted by molar-refractivity contribution is 0.134. The van der Waals surface area contributed by atoms with Crippen molar-refractivity contribution in [2.75, 3.05) is 19.6 Å². The van der Waals surface area contributed by atoms with Crippen molar-refractivity contribution in [1.29, 1.82) is 0 Å². The van der Waals surface area contributed by atoms with Gasteiger partial charge in [-0.2, -0.15) is 11.3 Å². The Morgan fingerprint density at radius 3 is 2.70 bits per heavy atom. The van der Waals surface area contributed by atoms with Gasteiger partial charge in [-0.25, -0.2) is 4.79 Å². The summed E-state index contributed by atoms with van der Waals surface area (Å²) in [6, 6.07) is 12.1. The number of alkyl carbamates (subject to hydrolysis) is 1. The first-order valence-corrected chi connectivity index (χ1v) is 8.98. The standard InChI is InChI=1S/C18H22N2O2S/c21-18(22-13-15-6-2-1-3-7-15)19-12-17(16-8-11-23-14-16)20-9-4-5-10-20/h1-3,6-8,11,14,17H,4-5,9-10,12-13H2,(H,19,21). The largest absolute Gasteiger partial charge is 0.445 e. The van der Waals surface area contributed by atoms with Crippen LogP contribution in [0.25, 0.3) is 0 Å². The third-order valence-electron chi connectivity index (χ3n) is 4.16. The SMILES string of the molecule is O=C(NCC(c1ccsc1)N1CCCC1)OCc1ccccc1. The molecule has 1 aliphatic heterocycles. The highest BCUT2D eigenvalue weighted by molar-refractivity contribution is 7.07. The first-order valence-electron chi connectivity index (χ1n) is 8.03. The third kappa shape index (κ3) is 4.56. The summed E-state index contributed by atoms with van der Waals surface area (Å²) in [4.78, 5) is 14.4. The minimum Gasteiger partial charge on any atom is -0.445 e. The lowest BCUT2D eigenvalue weighted by Crippen LogP contribution is -2.36. The van der Waals surface area contributed by atoms with Crippen LogP contribution >= 0.6 is 11.3 Å². The highest BCUT2D eigenvalue weighted by atomic mass is 32.1. The summed E-state index contributed by atoms with van der Waals surface area (Å²) in [5.41, 5.74) is 2.27. The first kappa shape index (κ1) is 16.0. The molecule has 0 saturated carbocycles. The molecule has 1 amide bonds. The van der Waals surface area contributed by atoms with Crippen molar-refractivity contribution < 1.29 is 9.53 Å². The molecule has 1 fully saturated rings. The Kier molecular flexibility index (Phi) is 5.66. The normalized spacial score (nSPS) is 16.2. The van der Waals surface area contributed by atoms with Gasteiger partial charge in [0.1, 0.15) is 6.61 Å². The molecule has 1 atom stereocenters. The van der Waals surface area contributed by atoms with E-state index in [0.29, 0.717) is 13.2 Å². The van der Waals surface area contributed by atoms with E-state index in [1.54, 1.807) is 11.3 Å². The van der Waals surface area contributed by atoms with Crippen LogP contribution in [0.1, 0.15) is 30.0 Å². The van der Waals surface area contributed by atoms with Gasteiger partial charge in [-0.05, 0) is 53.9 Å². The van der Waals surface area contributed by atoms with E-state index in [1.807, 2.05) is 30.3 Å². The van der Waals surface area contributed by atoms with Crippen molar-refractivity contribution in [2.24, 2.45) is 0 Å². The Morgan fingerprint density at radius 1 is 1.22 bits per heavy atom. The van der Waals surface area contributed by atoms with E-state index in [1.165, 1.54) is 18.4 Å². The molecule has 0 radical (unpaired) electrons. The van der Waals surface area contributed by atoms with Crippen molar-refractivity contribution in [3.63, 3.8) is 0 Å². The summed E-state index contributed by atoms with van der Waals surface area (Å²) < 4.78 is 5.29. The molecule has 0 spiro atoms. The number of nitrogens with zero attached hydrogens (tertiary/aromatic N) is 1. The lowest BCUT2D eigenvalue weighted by Gasteiger charge is -2.27. The summed E-state index contributed by atoms with van der Waals surface area (Å²) in [5.74, 6) is 0. The molecule has 0 bridgehead atoms. The summed E-state index contributed by atoms with van der Waals surface area (Å²) >= 11 is 1.70. The van der Waals surface area contributed by atoms with E-state index in [4.69, 9.17) is 4.74 Å². The van der Waals surface area contributed by atoms with Crippen molar-refractivity contribution in [3.05, 3.63) is 58.3 Å². The molecular weight excluding hydrogens is 308 g/mol. The van der Waals surface area contributed by atoms with Crippen LogP contribution in [0.3, 0.4) is 0 Å². The molecule has 1 saturated heterocycles. The molecule has 2 aromatic rings. The molecule has 1 unspecified atom stereocenters. The summed E-state index contributed by atoms with van der Waals surface area (Å²) in [6.07, 6.45) is 2.12. The van der Waals surface area contributed by atoms with Crippen LogP contribution in [0, 0.1) is 0 Å². The van der Waals surface area contributed by atoms with Gasteiger partial charge in [0, 0.05) is 6.54 Å². The fourth-order valence-corrected chi connectivity index (χ4v) is 3.64. The summed E-state index contributed by atoms with van der Waals surface area (Å²) in [5, 5.41) is 7.18. The molecule has 5 heteroatoms. The highest BCUT2D eigenvalue weighted by Crippen LogP contribution is 2.26. The maximum absolute atomic E-state index is 12.0. The van der Waals surface area contributed by atoms with E-state index in [9.17, 15) is 4.79 Å². The van der Waals surface area contributed by atoms with Crippen LogP contribution in [0.4, 0.5) is 4.79 Å². The predicted octanol–water partition coefficient (Wildman–Crippen LogP) is 3.81. The number of amides is 1. The van der Waals surface area contributed by atoms with Gasteiger partial charge in [0.05, 0.1) is 6.04 Å². The molecule has 1 aromatic carbocycles. The van der Waals surface area contributed by atoms with Gasteiger partial charge in [-0.1, -0.05) is 30.3 Å². The zero-order valence-corrected chi connectivity index (χ0v) is 13.9.